The third-order valence-electron chi connectivity index (χ3n) is 5.15. The molecule has 0 spiro atoms. The van der Waals surface area contributed by atoms with Crippen LogP contribution in [0.25, 0.3) is 11.0 Å². The van der Waals surface area contributed by atoms with Crippen molar-refractivity contribution in [1.82, 2.24) is 20.1 Å². The van der Waals surface area contributed by atoms with E-state index < -0.39 is 0 Å². The highest BCUT2D eigenvalue weighted by Crippen LogP contribution is 2.29. The maximum absolute atomic E-state index is 13.1. The zero-order chi connectivity index (χ0) is 20.2. The number of hydrogen-bond acceptors (Lipinski definition) is 5. The van der Waals surface area contributed by atoms with Crippen molar-refractivity contribution in [2.75, 3.05) is 16.8 Å². The summed E-state index contributed by atoms with van der Waals surface area (Å²) >= 11 is 1.96. The molecule has 2 aromatic heterocycles. The molecule has 0 atom stereocenters. The first-order valence-corrected chi connectivity index (χ1v) is 11.0. The van der Waals surface area contributed by atoms with Crippen molar-refractivity contribution in [1.29, 1.82) is 0 Å². The van der Waals surface area contributed by atoms with Gasteiger partial charge in [-0.15, -0.1) is 0 Å². The summed E-state index contributed by atoms with van der Waals surface area (Å²) in [6.07, 6.45) is 5.53. The number of anilines is 1. The second-order valence-electron chi connectivity index (χ2n) is 7.08. The van der Waals surface area contributed by atoms with Crippen LogP contribution in [-0.2, 0) is 13.1 Å². The SMILES string of the molecule is CCn1ncc2c(NC3CCSCC3)c(C(=O)NCc3ccc(F)cc3)cnc21. The molecular formula is C21H24FN5OS. The number of nitrogens with zero attached hydrogens (tertiary/aromatic N) is 3. The van der Waals surface area contributed by atoms with Crippen molar-refractivity contribution in [3.63, 3.8) is 0 Å². The topological polar surface area (TPSA) is 71.8 Å². The van der Waals surface area contributed by atoms with E-state index in [2.05, 4.69) is 20.7 Å². The van der Waals surface area contributed by atoms with Gasteiger partial charge in [0, 0.05) is 25.3 Å². The van der Waals surface area contributed by atoms with Gasteiger partial charge in [0.25, 0.3) is 5.91 Å². The van der Waals surface area contributed by atoms with E-state index in [0.29, 0.717) is 24.7 Å². The van der Waals surface area contributed by atoms with E-state index in [1.54, 1.807) is 24.5 Å². The number of benzene rings is 1. The number of aromatic nitrogens is 3. The number of rotatable bonds is 6. The van der Waals surface area contributed by atoms with E-state index in [1.165, 1.54) is 12.1 Å². The van der Waals surface area contributed by atoms with Crippen LogP contribution in [0.1, 0.15) is 35.7 Å². The van der Waals surface area contributed by atoms with E-state index in [4.69, 9.17) is 0 Å². The predicted molar refractivity (Wildman–Crippen MR) is 115 cm³/mol. The van der Waals surface area contributed by atoms with Gasteiger partial charge in [-0.3, -0.25) is 4.79 Å². The number of carbonyl (C=O) groups is 1. The van der Waals surface area contributed by atoms with Crippen LogP contribution in [0.4, 0.5) is 10.1 Å². The van der Waals surface area contributed by atoms with Crippen molar-refractivity contribution in [3.05, 3.63) is 53.6 Å². The lowest BCUT2D eigenvalue weighted by Gasteiger charge is -2.25. The zero-order valence-electron chi connectivity index (χ0n) is 16.3. The van der Waals surface area contributed by atoms with Gasteiger partial charge in [-0.2, -0.15) is 16.9 Å². The molecular weight excluding hydrogens is 389 g/mol. The quantitative estimate of drug-likeness (QED) is 0.643. The lowest BCUT2D eigenvalue weighted by Crippen LogP contribution is -2.28. The number of thioether (sulfide) groups is 1. The maximum atomic E-state index is 13.1. The van der Waals surface area contributed by atoms with Crippen molar-refractivity contribution >= 4 is 34.4 Å². The minimum atomic E-state index is -0.292. The Morgan fingerprint density at radius 2 is 2.00 bits per heavy atom. The van der Waals surface area contributed by atoms with Gasteiger partial charge in [0.2, 0.25) is 0 Å². The Balaban J connectivity index is 1.61. The molecule has 1 aliphatic heterocycles. The summed E-state index contributed by atoms with van der Waals surface area (Å²) in [5.74, 6) is 1.73. The lowest BCUT2D eigenvalue weighted by molar-refractivity contribution is 0.0951. The molecule has 2 N–H and O–H groups in total. The highest BCUT2D eigenvalue weighted by molar-refractivity contribution is 7.99. The molecule has 3 aromatic rings. The number of hydrogen-bond donors (Lipinski definition) is 2. The van der Waals surface area contributed by atoms with Crippen LogP contribution in [0.15, 0.2) is 36.7 Å². The first-order valence-electron chi connectivity index (χ1n) is 9.87. The highest BCUT2D eigenvalue weighted by atomic mass is 32.2. The fraction of sp³-hybridized carbons (Fsp3) is 0.381. The van der Waals surface area contributed by atoms with Crippen LogP contribution in [0.2, 0.25) is 0 Å². The number of amides is 1. The molecule has 1 saturated heterocycles. The normalized spacial score (nSPS) is 14.8. The molecule has 1 aliphatic rings. The summed E-state index contributed by atoms with van der Waals surface area (Å²) in [6, 6.07) is 6.45. The molecule has 0 saturated carbocycles. The molecule has 0 aliphatic carbocycles. The molecule has 3 heterocycles. The minimum Gasteiger partial charge on any atom is -0.381 e. The van der Waals surface area contributed by atoms with Crippen LogP contribution in [0.3, 0.4) is 0 Å². The van der Waals surface area contributed by atoms with Crippen LogP contribution in [-0.4, -0.2) is 38.2 Å². The van der Waals surface area contributed by atoms with Gasteiger partial charge in [0.1, 0.15) is 5.82 Å². The van der Waals surface area contributed by atoms with E-state index >= 15 is 0 Å². The minimum absolute atomic E-state index is 0.208. The van der Waals surface area contributed by atoms with Gasteiger partial charge < -0.3 is 10.6 Å². The predicted octanol–water partition coefficient (Wildman–Crippen LogP) is 3.83. The number of nitrogens with one attached hydrogen (secondary N) is 2. The van der Waals surface area contributed by atoms with E-state index in [9.17, 15) is 9.18 Å². The zero-order valence-corrected chi connectivity index (χ0v) is 17.1. The van der Waals surface area contributed by atoms with Gasteiger partial charge >= 0.3 is 0 Å². The molecule has 6 nitrogen and oxygen atoms in total. The van der Waals surface area contributed by atoms with Gasteiger partial charge in [0.05, 0.1) is 22.8 Å². The molecule has 152 valence electrons. The number of aryl methyl sites for hydroxylation is 1. The van der Waals surface area contributed by atoms with Crippen LogP contribution in [0, 0.1) is 5.82 Å². The second kappa shape index (κ2) is 8.82. The molecule has 8 heteroatoms. The number of pyridine rings is 1. The third-order valence-corrected chi connectivity index (χ3v) is 6.20. The second-order valence-corrected chi connectivity index (χ2v) is 8.31. The largest absolute Gasteiger partial charge is 0.381 e. The lowest BCUT2D eigenvalue weighted by atomic mass is 10.1. The molecule has 0 radical (unpaired) electrons. The molecule has 0 bridgehead atoms. The molecule has 29 heavy (non-hydrogen) atoms. The first-order chi connectivity index (χ1) is 14.2. The first kappa shape index (κ1) is 19.7. The Morgan fingerprint density at radius 1 is 1.24 bits per heavy atom. The van der Waals surface area contributed by atoms with Gasteiger partial charge in [-0.1, -0.05) is 12.1 Å². The Hall–Kier alpha value is -2.61. The fourth-order valence-electron chi connectivity index (χ4n) is 3.51. The van der Waals surface area contributed by atoms with E-state index in [1.807, 2.05) is 23.4 Å². The van der Waals surface area contributed by atoms with Crippen LogP contribution in [0.5, 0.6) is 0 Å². The Morgan fingerprint density at radius 3 is 2.72 bits per heavy atom. The molecule has 0 unspecified atom stereocenters. The van der Waals surface area contributed by atoms with Gasteiger partial charge in [0.15, 0.2) is 5.65 Å². The molecule has 1 aromatic carbocycles. The molecule has 4 rings (SSSR count). The number of halogens is 1. The summed E-state index contributed by atoms with van der Waals surface area (Å²) < 4.78 is 14.9. The summed E-state index contributed by atoms with van der Waals surface area (Å²) in [5.41, 5.74) is 2.92. The smallest absolute Gasteiger partial charge is 0.255 e. The number of fused-ring (bicyclic) bond motifs is 1. The average molecular weight is 414 g/mol. The maximum Gasteiger partial charge on any atom is 0.255 e. The average Bonchev–Trinajstić information content (AvgIpc) is 3.18. The van der Waals surface area contributed by atoms with Crippen LogP contribution < -0.4 is 10.6 Å². The molecule has 1 fully saturated rings. The standard InChI is InChI=1S/C21H24FN5OS/c1-2-27-20-17(13-25-27)19(26-16-7-9-29-10-8-16)18(12-23-20)21(28)24-11-14-3-5-15(22)6-4-14/h3-6,12-13,16H,2,7-11H2,1H3,(H,23,26)(H,24,28). The Labute approximate surface area is 173 Å². The summed E-state index contributed by atoms with van der Waals surface area (Å²) in [6.45, 7) is 3.06. The van der Waals surface area contributed by atoms with Crippen molar-refractivity contribution in [3.8, 4) is 0 Å². The highest BCUT2D eigenvalue weighted by Gasteiger charge is 2.21. The van der Waals surface area contributed by atoms with E-state index in [0.717, 1.165) is 46.6 Å². The van der Waals surface area contributed by atoms with Crippen LogP contribution >= 0.6 is 11.8 Å². The summed E-state index contributed by atoms with van der Waals surface area (Å²) in [5, 5.41) is 11.8. The van der Waals surface area contributed by atoms with Gasteiger partial charge in [-0.25, -0.2) is 14.1 Å². The fourth-order valence-corrected chi connectivity index (χ4v) is 4.62. The molecule has 1 amide bonds. The Kier molecular flexibility index (Phi) is 5.99. The third kappa shape index (κ3) is 4.37. The summed E-state index contributed by atoms with van der Waals surface area (Å²) in [4.78, 5) is 17.5. The van der Waals surface area contributed by atoms with E-state index in [-0.39, 0.29) is 11.7 Å². The van der Waals surface area contributed by atoms with Crippen molar-refractivity contribution in [2.24, 2.45) is 0 Å². The van der Waals surface area contributed by atoms with Gasteiger partial charge in [-0.05, 0) is 49.0 Å². The monoisotopic (exact) mass is 413 g/mol. The van der Waals surface area contributed by atoms with Crippen molar-refractivity contribution < 1.29 is 9.18 Å². The van der Waals surface area contributed by atoms with Crippen molar-refractivity contribution in [2.45, 2.75) is 38.9 Å². The summed E-state index contributed by atoms with van der Waals surface area (Å²) in [7, 11) is 0. The Bertz CT molecular complexity index is 998. The number of carbonyl (C=O) groups excluding carboxylic acids is 1.